The summed E-state index contributed by atoms with van der Waals surface area (Å²) in [5.74, 6) is -0.0466. The van der Waals surface area contributed by atoms with E-state index in [0.29, 0.717) is 13.0 Å². The highest BCUT2D eigenvalue weighted by Crippen LogP contribution is 2.19. The van der Waals surface area contributed by atoms with Crippen molar-refractivity contribution in [2.45, 2.75) is 19.0 Å². The van der Waals surface area contributed by atoms with Crippen LogP contribution in [0.15, 0.2) is 41.2 Å². The maximum Gasteiger partial charge on any atom is 0.245 e. The van der Waals surface area contributed by atoms with E-state index in [9.17, 15) is 9.59 Å². The highest BCUT2D eigenvalue weighted by atomic mass is 32.1. The van der Waals surface area contributed by atoms with Crippen LogP contribution < -0.4 is 0 Å². The Morgan fingerprint density at radius 3 is 2.73 bits per heavy atom. The van der Waals surface area contributed by atoms with Gasteiger partial charge in [0.05, 0.1) is 24.3 Å². The number of carbonyl (C=O) groups excluding carboxylic acids is 2. The number of hydrogen-bond acceptors (Lipinski definition) is 4. The van der Waals surface area contributed by atoms with Gasteiger partial charge in [0.2, 0.25) is 11.8 Å². The molecule has 0 radical (unpaired) electrons. The Kier molecular flexibility index (Phi) is 4.20. The van der Waals surface area contributed by atoms with Gasteiger partial charge in [0, 0.05) is 18.8 Å². The largest absolute Gasteiger partial charge is 0.335 e. The fraction of sp³-hybridized carbons (Fsp3) is 0.312. The Bertz CT molecular complexity index is 657. The van der Waals surface area contributed by atoms with E-state index >= 15 is 0 Å². The summed E-state index contributed by atoms with van der Waals surface area (Å²) in [6.07, 6.45) is 0.528. The monoisotopic (exact) mass is 315 g/mol. The minimum atomic E-state index is -0.463. The first-order chi connectivity index (χ1) is 10.6. The van der Waals surface area contributed by atoms with Gasteiger partial charge in [0.1, 0.15) is 6.04 Å². The molecule has 1 aromatic carbocycles. The van der Waals surface area contributed by atoms with Crippen molar-refractivity contribution >= 4 is 23.2 Å². The zero-order chi connectivity index (χ0) is 15.5. The fourth-order valence-corrected chi connectivity index (χ4v) is 3.21. The predicted molar refractivity (Wildman–Crippen MR) is 84.2 cm³/mol. The third-order valence-corrected chi connectivity index (χ3v) is 4.45. The molecule has 2 aromatic rings. The molecular formula is C16H17N3O2S. The topological polar surface area (TPSA) is 53.5 Å². The van der Waals surface area contributed by atoms with Crippen molar-refractivity contribution < 1.29 is 9.59 Å². The van der Waals surface area contributed by atoms with E-state index in [1.54, 1.807) is 17.5 Å². The summed E-state index contributed by atoms with van der Waals surface area (Å²) in [4.78, 5) is 32.3. The van der Waals surface area contributed by atoms with E-state index in [2.05, 4.69) is 4.98 Å². The Hall–Kier alpha value is -2.21. The average molecular weight is 315 g/mol. The molecule has 1 fully saturated rings. The van der Waals surface area contributed by atoms with Crippen molar-refractivity contribution in [1.82, 2.24) is 14.8 Å². The van der Waals surface area contributed by atoms with Gasteiger partial charge in [-0.15, -0.1) is 11.3 Å². The summed E-state index contributed by atoms with van der Waals surface area (Å²) in [7, 11) is 1.68. The SMILES string of the molecule is CN1CC(=O)N(Cc2cscn2)[C@@H](Cc2ccccc2)C1=O. The Morgan fingerprint density at radius 2 is 2.05 bits per heavy atom. The molecule has 1 aliphatic rings. The van der Waals surface area contributed by atoms with Crippen molar-refractivity contribution in [3.05, 3.63) is 52.5 Å². The van der Waals surface area contributed by atoms with E-state index < -0.39 is 6.04 Å². The summed E-state index contributed by atoms with van der Waals surface area (Å²) in [5.41, 5.74) is 3.62. The number of piperazine rings is 1. The highest BCUT2D eigenvalue weighted by Gasteiger charge is 2.37. The van der Waals surface area contributed by atoms with Crippen LogP contribution in [0.1, 0.15) is 11.3 Å². The van der Waals surface area contributed by atoms with Gasteiger partial charge in [-0.1, -0.05) is 30.3 Å². The van der Waals surface area contributed by atoms with Crippen LogP contribution in [0.4, 0.5) is 0 Å². The van der Waals surface area contributed by atoms with Crippen LogP contribution in [-0.4, -0.2) is 46.2 Å². The lowest BCUT2D eigenvalue weighted by molar-refractivity contribution is -0.155. The normalized spacial score (nSPS) is 18.9. The third kappa shape index (κ3) is 3.01. The van der Waals surface area contributed by atoms with Crippen molar-refractivity contribution in [1.29, 1.82) is 0 Å². The quantitative estimate of drug-likeness (QED) is 0.860. The molecule has 0 saturated carbocycles. The molecule has 6 heteroatoms. The van der Waals surface area contributed by atoms with Crippen LogP contribution in [0.5, 0.6) is 0 Å². The number of amides is 2. The fourth-order valence-electron chi connectivity index (χ4n) is 2.66. The number of likely N-dealkylation sites (N-methyl/N-ethyl adjacent to an activating group) is 1. The lowest BCUT2D eigenvalue weighted by Crippen LogP contribution is -2.59. The standard InChI is InChI=1S/C16H17N3O2S/c1-18-9-15(20)19(8-13-10-22-11-17-13)14(16(18)21)7-12-5-3-2-4-6-12/h2-6,10-11,14H,7-9H2,1H3/t14-/m0/s1. The Morgan fingerprint density at radius 1 is 1.27 bits per heavy atom. The van der Waals surface area contributed by atoms with Crippen LogP contribution in [0.2, 0.25) is 0 Å². The molecule has 114 valence electrons. The zero-order valence-corrected chi connectivity index (χ0v) is 13.1. The number of thiazole rings is 1. The van der Waals surface area contributed by atoms with E-state index in [1.807, 2.05) is 35.7 Å². The second-order valence-corrected chi connectivity index (χ2v) is 6.12. The van der Waals surface area contributed by atoms with Crippen LogP contribution in [0, 0.1) is 0 Å². The molecular weight excluding hydrogens is 298 g/mol. The summed E-state index contributed by atoms with van der Waals surface area (Å²) in [5, 5.41) is 1.91. The summed E-state index contributed by atoms with van der Waals surface area (Å²) in [6, 6.07) is 9.32. The molecule has 2 amide bonds. The number of carbonyl (C=O) groups is 2. The number of rotatable bonds is 4. The molecule has 0 unspecified atom stereocenters. The summed E-state index contributed by atoms with van der Waals surface area (Å²) in [6.45, 7) is 0.522. The molecule has 1 saturated heterocycles. The molecule has 0 bridgehead atoms. The number of nitrogens with zero attached hydrogens (tertiary/aromatic N) is 3. The summed E-state index contributed by atoms with van der Waals surface area (Å²) >= 11 is 1.49. The molecule has 2 heterocycles. The minimum absolute atomic E-state index is 0.0151. The van der Waals surface area contributed by atoms with Gasteiger partial charge < -0.3 is 9.80 Å². The summed E-state index contributed by atoms with van der Waals surface area (Å²) < 4.78 is 0. The second-order valence-electron chi connectivity index (χ2n) is 5.40. The molecule has 0 aliphatic carbocycles. The van der Waals surface area contributed by atoms with Crippen molar-refractivity contribution in [3.8, 4) is 0 Å². The first-order valence-electron chi connectivity index (χ1n) is 7.10. The first kappa shape index (κ1) is 14.7. The van der Waals surface area contributed by atoms with Gasteiger partial charge in [-0.3, -0.25) is 9.59 Å². The number of hydrogen-bond donors (Lipinski definition) is 0. The lowest BCUT2D eigenvalue weighted by Gasteiger charge is -2.38. The molecule has 5 nitrogen and oxygen atoms in total. The second kappa shape index (κ2) is 6.27. The molecule has 1 aliphatic heterocycles. The van der Waals surface area contributed by atoms with E-state index in [4.69, 9.17) is 0 Å². The number of benzene rings is 1. The maximum absolute atomic E-state index is 12.5. The lowest BCUT2D eigenvalue weighted by atomic mass is 10.0. The van der Waals surface area contributed by atoms with Gasteiger partial charge in [0.25, 0.3) is 0 Å². The van der Waals surface area contributed by atoms with E-state index in [1.165, 1.54) is 16.2 Å². The molecule has 0 N–H and O–H groups in total. The van der Waals surface area contributed by atoms with Gasteiger partial charge in [-0.05, 0) is 5.56 Å². The zero-order valence-electron chi connectivity index (χ0n) is 12.3. The highest BCUT2D eigenvalue weighted by molar-refractivity contribution is 7.07. The van der Waals surface area contributed by atoms with Crippen molar-refractivity contribution in [2.75, 3.05) is 13.6 Å². The maximum atomic E-state index is 12.5. The van der Waals surface area contributed by atoms with Gasteiger partial charge in [-0.2, -0.15) is 0 Å². The van der Waals surface area contributed by atoms with Crippen LogP contribution in [0.25, 0.3) is 0 Å². The average Bonchev–Trinajstić information content (AvgIpc) is 3.02. The molecule has 1 aromatic heterocycles. The molecule has 22 heavy (non-hydrogen) atoms. The predicted octanol–water partition coefficient (Wildman–Crippen LogP) is 1.55. The number of aromatic nitrogens is 1. The molecule has 0 spiro atoms. The smallest absolute Gasteiger partial charge is 0.245 e. The third-order valence-electron chi connectivity index (χ3n) is 3.82. The minimum Gasteiger partial charge on any atom is -0.335 e. The Labute approximate surface area is 133 Å². The molecule has 1 atom stereocenters. The van der Waals surface area contributed by atoms with Crippen molar-refractivity contribution in [3.63, 3.8) is 0 Å². The van der Waals surface area contributed by atoms with Gasteiger partial charge in [0.15, 0.2) is 0 Å². The van der Waals surface area contributed by atoms with Crippen molar-refractivity contribution in [2.24, 2.45) is 0 Å². The Balaban J connectivity index is 1.85. The van der Waals surface area contributed by atoms with E-state index in [-0.39, 0.29) is 18.4 Å². The van der Waals surface area contributed by atoms with E-state index in [0.717, 1.165) is 11.3 Å². The van der Waals surface area contributed by atoms with Gasteiger partial charge in [-0.25, -0.2) is 4.98 Å². The van der Waals surface area contributed by atoms with Crippen LogP contribution in [0.3, 0.4) is 0 Å². The van der Waals surface area contributed by atoms with Crippen LogP contribution >= 0.6 is 11.3 Å². The van der Waals surface area contributed by atoms with Crippen LogP contribution in [-0.2, 0) is 22.6 Å². The first-order valence-corrected chi connectivity index (χ1v) is 8.05. The molecule has 3 rings (SSSR count). The van der Waals surface area contributed by atoms with Gasteiger partial charge >= 0.3 is 0 Å².